The van der Waals surface area contributed by atoms with Gasteiger partial charge in [0, 0.05) is 13.0 Å². The lowest BCUT2D eigenvalue weighted by molar-refractivity contribution is -0.137. The van der Waals surface area contributed by atoms with Crippen LogP contribution in [0.3, 0.4) is 0 Å². The zero-order valence-corrected chi connectivity index (χ0v) is 12.6. The van der Waals surface area contributed by atoms with E-state index in [1.54, 1.807) is 0 Å². The normalized spacial score (nSPS) is 17.3. The van der Waals surface area contributed by atoms with E-state index >= 15 is 0 Å². The maximum atomic E-state index is 10.6. The molecular weight excluding hydrogens is 250 g/mol. The number of carbonyl (C=O) groups is 1. The summed E-state index contributed by atoms with van der Waals surface area (Å²) in [5.74, 6) is -0.0660. The molecule has 0 unspecified atom stereocenters. The van der Waals surface area contributed by atoms with Gasteiger partial charge >= 0.3 is 5.97 Å². The molecule has 1 aliphatic heterocycles. The zero-order valence-electron chi connectivity index (χ0n) is 12.6. The Kier molecular flexibility index (Phi) is 5.18. The molecule has 0 radical (unpaired) electrons. The summed E-state index contributed by atoms with van der Waals surface area (Å²) >= 11 is 0. The molecule has 0 aliphatic carbocycles. The van der Waals surface area contributed by atoms with E-state index in [1.165, 1.54) is 16.7 Å². The second kappa shape index (κ2) is 6.89. The molecule has 0 bridgehead atoms. The number of aliphatic carboxylic acids is 1. The Morgan fingerprint density at radius 1 is 1.30 bits per heavy atom. The van der Waals surface area contributed by atoms with E-state index in [0.29, 0.717) is 12.3 Å². The number of rotatable bonds is 5. The van der Waals surface area contributed by atoms with Crippen molar-refractivity contribution < 1.29 is 9.90 Å². The van der Waals surface area contributed by atoms with Gasteiger partial charge in [-0.2, -0.15) is 0 Å². The van der Waals surface area contributed by atoms with Crippen molar-refractivity contribution in [1.29, 1.82) is 0 Å². The predicted molar refractivity (Wildman–Crippen MR) is 80.8 cm³/mol. The number of aryl methyl sites for hydroxylation is 2. The van der Waals surface area contributed by atoms with Crippen LogP contribution >= 0.6 is 0 Å². The van der Waals surface area contributed by atoms with Gasteiger partial charge in [-0.25, -0.2) is 0 Å². The minimum absolute atomic E-state index is 0.321. The third kappa shape index (κ3) is 4.34. The van der Waals surface area contributed by atoms with E-state index < -0.39 is 5.97 Å². The van der Waals surface area contributed by atoms with Gasteiger partial charge < -0.3 is 5.11 Å². The van der Waals surface area contributed by atoms with Crippen molar-refractivity contribution in [2.75, 3.05) is 13.1 Å². The molecule has 0 atom stereocenters. The highest BCUT2D eigenvalue weighted by molar-refractivity contribution is 5.66. The molecule has 2 rings (SSSR count). The van der Waals surface area contributed by atoms with Crippen LogP contribution in [0.25, 0.3) is 0 Å². The average molecular weight is 275 g/mol. The molecule has 1 aliphatic rings. The fraction of sp³-hybridized carbons (Fsp3) is 0.588. The molecule has 110 valence electrons. The number of carboxylic acids is 1. The van der Waals surface area contributed by atoms with Crippen LogP contribution in [0.1, 0.15) is 42.4 Å². The standard InChI is InChI=1S/C17H25NO2/c1-13-3-4-14(2)16(11-13)12-18-9-7-15(8-10-18)5-6-17(19)20/h3-4,11,15H,5-10,12H2,1-2H3,(H,19,20). The fourth-order valence-corrected chi connectivity index (χ4v) is 2.97. The number of hydrogen-bond donors (Lipinski definition) is 1. The number of benzene rings is 1. The van der Waals surface area contributed by atoms with Crippen LogP contribution < -0.4 is 0 Å². The summed E-state index contributed by atoms with van der Waals surface area (Å²) in [7, 11) is 0. The van der Waals surface area contributed by atoms with Crippen molar-refractivity contribution in [3.8, 4) is 0 Å². The first-order valence-corrected chi connectivity index (χ1v) is 7.55. The molecule has 0 saturated carbocycles. The van der Waals surface area contributed by atoms with Crippen LogP contribution in [-0.2, 0) is 11.3 Å². The van der Waals surface area contributed by atoms with Crippen LogP contribution in [0, 0.1) is 19.8 Å². The fourth-order valence-electron chi connectivity index (χ4n) is 2.97. The van der Waals surface area contributed by atoms with E-state index in [-0.39, 0.29) is 0 Å². The monoisotopic (exact) mass is 275 g/mol. The molecule has 0 spiro atoms. The number of piperidine rings is 1. The zero-order chi connectivity index (χ0) is 14.5. The Balaban J connectivity index is 1.82. The molecule has 20 heavy (non-hydrogen) atoms. The van der Waals surface area contributed by atoms with Crippen molar-refractivity contribution in [1.82, 2.24) is 4.90 Å². The molecule has 1 N–H and O–H groups in total. The predicted octanol–water partition coefficient (Wildman–Crippen LogP) is 3.38. The highest BCUT2D eigenvalue weighted by Crippen LogP contribution is 2.24. The average Bonchev–Trinajstić information content (AvgIpc) is 2.42. The van der Waals surface area contributed by atoms with Crippen LogP contribution in [0.2, 0.25) is 0 Å². The highest BCUT2D eigenvalue weighted by atomic mass is 16.4. The summed E-state index contributed by atoms with van der Waals surface area (Å²) in [4.78, 5) is 13.1. The van der Waals surface area contributed by atoms with Gasteiger partial charge in [-0.1, -0.05) is 23.8 Å². The van der Waals surface area contributed by atoms with Gasteiger partial charge in [0.1, 0.15) is 0 Å². The molecule has 3 heteroatoms. The maximum absolute atomic E-state index is 10.6. The number of carboxylic acid groups (broad SMARTS) is 1. The van der Waals surface area contributed by atoms with Gasteiger partial charge in [0.15, 0.2) is 0 Å². The Bertz CT molecular complexity index is 462. The SMILES string of the molecule is Cc1ccc(C)c(CN2CCC(CCC(=O)O)CC2)c1. The largest absolute Gasteiger partial charge is 0.481 e. The number of hydrogen-bond acceptors (Lipinski definition) is 2. The van der Waals surface area contributed by atoms with Crippen molar-refractivity contribution in [2.24, 2.45) is 5.92 Å². The van der Waals surface area contributed by atoms with Gasteiger partial charge in [0.05, 0.1) is 0 Å². The summed E-state index contributed by atoms with van der Waals surface area (Å²) in [6.45, 7) is 7.53. The molecule has 1 aromatic rings. The first-order valence-electron chi connectivity index (χ1n) is 7.55. The van der Waals surface area contributed by atoms with E-state index in [2.05, 4.69) is 36.9 Å². The second-order valence-corrected chi connectivity index (χ2v) is 6.08. The minimum atomic E-state index is -0.664. The van der Waals surface area contributed by atoms with Crippen LogP contribution in [0.5, 0.6) is 0 Å². The highest BCUT2D eigenvalue weighted by Gasteiger charge is 2.20. The molecule has 1 fully saturated rings. The number of likely N-dealkylation sites (tertiary alicyclic amines) is 1. The van der Waals surface area contributed by atoms with Crippen molar-refractivity contribution in [3.63, 3.8) is 0 Å². The Labute approximate surface area is 121 Å². The smallest absolute Gasteiger partial charge is 0.303 e. The van der Waals surface area contributed by atoms with Crippen molar-refractivity contribution in [2.45, 2.75) is 46.1 Å². The topological polar surface area (TPSA) is 40.5 Å². The lowest BCUT2D eigenvalue weighted by atomic mass is 9.92. The van der Waals surface area contributed by atoms with Crippen LogP contribution in [-0.4, -0.2) is 29.1 Å². The van der Waals surface area contributed by atoms with Crippen LogP contribution in [0.4, 0.5) is 0 Å². The Morgan fingerprint density at radius 2 is 2.00 bits per heavy atom. The third-order valence-corrected chi connectivity index (χ3v) is 4.37. The number of nitrogens with zero attached hydrogens (tertiary/aromatic N) is 1. The molecule has 3 nitrogen and oxygen atoms in total. The summed E-state index contributed by atoms with van der Waals surface area (Å²) in [5, 5.41) is 8.74. The molecule has 1 saturated heterocycles. The van der Waals surface area contributed by atoms with Crippen molar-refractivity contribution in [3.05, 3.63) is 34.9 Å². The lowest BCUT2D eigenvalue weighted by Gasteiger charge is -2.32. The van der Waals surface area contributed by atoms with E-state index in [0.717, 1.165) is 38.9 Å². The van der Waals surface area contributed by atoms with Crippen LogP contribution in [0.15, 0.2) is 18.2 Å². The molecule has 0 aromatic heterocycles. The lowest BCUT2D eigenvalue weighted by Crippen LogP contribution is -2.33. The van der Waals surface area contributed by atoms with E-state index in [1.807, 2.05) is 0 Å². The summed E-state index contributed by atoms with van der Waals surface area (Å²) in [6, 6.07) is 6.65. The summed E-state index contributed by atoms with van der Waals surface area (Å²) in [5.41, 5.74) is 4.11. The minimum Gasteiger partial charge on any atom is -0.481 e. The summed E-state index contributed by atoms with van der Waals surface area (Å²) < 4.78 is 0. The van der Waals surface area contributed by atoms with Crippen molar-refractivity contribution >= 4 is 5.97 Å². The molecule has 0 amide bonds. The quantitative estimate of drug-likeness (QED) is 0.895. The van der Waals surface area contributed by atoms with Gasteiger partial charge in [-0.05, 0) is 63.2 Å². The Hall–Kier alpha value is -1.35. The first kappa shape index (κ1) is 15.0. The van der Waals surface area contributed by atoms with Gasteiger partial charge in [-0.3, -0.25) is 9.69 Å². The Morgan fingerprint density at radius 3 is 2.65 bits per heavy atom. The van der Waals surface area contributed by atoms with E-state index in [9.17, 15) is 4.79 Å². The summed E-state index contributed by atoms with van der Waals surface area (Å²) in [6.07, 6.45) is 3.44. The van der Waals surface area contributed by atoms with E-state index in [4.69, 9.17) is 5.11 Å². The first-order chi connectivity index (χ1) is 9.54. The molecular formula is C17H25NO2. The maximum Gasteiger partial charge on any atom is 0.303 e. The third-order valence-electron chi connectivity index (χ3n) is 4.37. The van der Waals surface area contributed by atoms with Gasteiger partial charge in [0.2, 0.25) is 0 Å². The second-order valence-electron chi connectivity index (χ2n) is 6.08. The molecule has 1 heterocycles. The van der Waals surface area contributed by atoms with Gasteiger partial charge in [-0.15, -0.1) is 0 Å². The van der Waals surface area contributed by atoms with Gasteiger partial charge in [0.25, 0.3) is 0 Å². The molecule has 1 aromatic carbocycles.